The van der Waals surface area contributed by atoms with Gasteiger partial charge in [0.15, 0.2) is 0 Å². The van der Waals surface area contributed by atoms with Crippen LogP contribution in [0.3, 0.4) is 0 Å². The van der Waals surface area contributed by atoms with E-state index in [1.807, 2.05) is 18.6 Å². The van der Waals surface area contributed by atoms with Gasteiger partial charge in [0, 0.05) is 24.3 Å². The van der Waals surface area contributed by atoms with E-state index < -0.39 is 0 Å². The molecule has 0 aliphatic rings. The Bertz CT molecular complexity index is 551. The Kier molecular flexibility index (Phi) is 9.15. The number of aromatic nitrogens is 2. The topological polar surface area (TPSA) is 25.8 Å². The SMILES string of the molecule is CCCCCCCCCCCCc1cc(-c2ccncc2)ccn1. The van der Waals surface area contributed by atoms with E-state index in [0.717, 1.165) is 6.42 Å². The van der Waals surface area contributed by atoms with Gasteiger partial charge in [-0.25, -0.2) is 0 Å². The zero-order valence-electron chi connectivity index (χ0n) is 15.2. The van der Waals surface area contributed by atoms with E-state index in [9.17, 15) is 0 Å². The molecule has 0 fully saturated rings. The molecule has 0 aliphatic heterocycles. The predicted octanol–water partition coefficient (Wildman–Crippen LogP) is 6.61. The molecule has 0 saturated heterocycles. The second-order valence-electron chi connectivity index (χ2n) is 6.70. The monoisotopic (exact) mass is 324 g/mol. The van der Waals surface area contributed by atoms with Crippen LogP contribution >= 0.6 is 0 Å². The van der Waals surface area contributed by atoms with Crippen molar-refractivity contribution in [2.45, 2.75) is 77.6 Å². The van der Waals surface area contributed by atoms with Crippen molar-refractivity contribution in [1.29, 1.82) is 0 Å². The van der Waals surface area contributed by atoms with Gasteiger partial charge < -0.3 is 0 Å². The predicted molar refractivity (Wildman–Crippen MR) is 103 cm³/mol. The standard InChI is InChI=1S/C22H32N2/c1-2-3-4-5-6-7-8-9-10-11-12-22-19-21(15-18-24-22)20-13-16-23-17-14-20/h13-19H,2-12H2,1H3. The molecule has 2 rings (SSSR count). The first-order chi connectivity index (χ1) is 11.9. The average Bonchev–Trinajstić information content (AvgIpc) is 2.64. The lowest BCUT2D eigenvalue weighted by atomic mass is 10.0. The fraction of sp³-hybridized carbons (Fsp3) is 0.545. The summed E-state index contributed by atoms with van der Waals surface area (Å²) in [5, 5.41) is 0. The van der Waals surface area contributed by atoms with Crippen LogP contribution in [-0.2, 0) is 6.42 Å². The van der Waals surface area contributed by atoms with Crippen LogP contribution in [0, 0.1) is 0 Å². The number of nitrogens with zero attached hydrogens (tertiary/aromatic N) is 2. The second-order valence-corrected chi connectivity index (χ2v) is 6.70. The van der Waals surface area contributed by atoms with E-state index in [2.05, 4.69) is 41.2 Å². The highest BCUT2D eigenvalue weighted by Crippen LogP contribution is 2.19. The lowest BCUT2D eigenvalue weighted by Gasteiger charge is -2.05. The van der Waals surface area contributed by atoms with E-state index in [4.69, 9.17) is 0 Å². The Balaban J connectivity index is 1.60. The van der Waals surface area contributed by atoms with Crippen LogP contribution in [0.4, 0.5) is 0 Å². The molecule has 2 heteroatoms. The zero-order chi connectivity index (χ0) is 16.9. The molecule has 0 atom stereocenters. The maximum Gasteiger partial charge on any atom is 0.0409 e. The molecular formula is C22H32N2. The van der Waals surface area contributed by atoms with Crippen LogP contribution in [0.5, 0.6) is 0 Å². The average molecular weight is 325 g/mol. The van der Waals surface area contributed by atoms with Crippen LogP contribution in [0.25, 0.3) is 11.1 Å². The molecule has 130 valence electrons. The second kappa shape index (κ2) is 11.8. The van der Waals surface area contributed by atoms with E-state index in [1.54, 1.807) is 0 Å². The van der Waals surface area contributed by atoms with Gasteiger partial charge in [-0.1, -0.05) is 64.7 Å². The van der Waals surface area contributed by atoms with E-state index >= 15 is 0 Å². The summed E-state index contributed by atoms with van der Waals surface area (Å²) in [4.78, 5) is 8.61. The van der Waals surface area contributed by atoms with Crippen molar-refractivity contribution in [3.8, 4) is 11.1 Å². The van der Waals surface area contributed by atoms with Crippen LogP contribution in [0.2, 0.25) is 0 Å². The molecule has 0 radical (unpaired) electrons. The van der Waals surface area contributed by atoms with Crippen LogP contribution < -0.4 is 0 Å². The maximum absolute atomic E-state index is 4.53. The third-order valence-corrected chi connectivity index (χ3v) is 4.62. The Hall–Kier alpha value is -1.70. The summed E-state index contributed by atoms with van der Waals surface area (Å²) in [7, 11) is 0. The molecule has 2 aromatic rings. The highest BCUT2D eigenvalue weighted by Gasteiger charge is 2.00. The van der Waals surface area contributed by atoms with Crippen molar-refractivity contribution in [2.75, 3.05) is 0 Å². The third kappa shape index (κ3) is 7.25. The minimum absolute atomic E-state index is 1.09. The van der Waals surface area contributed by atoms with Crippen molar-refractivity contribution >= 4 is 0 Å². The third-order valence-electron chi connectivity index (χ3n) is 4.62. The molecule has 0 bridgehead atoms. The number of hydrogen-bond donors (Lipinski definition) is 0. The van der Waals surface area contributed by atoms with Gasteiger partial charge in [-0.3, -0.25) is 9.97 Å². The Labute approximate surface area is 147 Å². The number of hydrogen-bond acceptors (Lipinski definition) is 2. The Morgan fingerprint density at radius 2 is 1.25 bits per heavy atom. The van der Waals surface area contributed by atoms with E-state index in [-0.39, 0.29) is 0 Å². The van der Waals surface area contributed by atoms with Gasteiger partial charge in [0.2, 0.25) is 0 Å². The minimum atomic E-state index is 1.09. The molecular weight excluding hydrogens is 292 g/mol. The molecule has 2 heterocycles. The van der Waals surface area contributed by atoms with Crippen molar-refractivity contribution in [3.63, 3.8) is 0 Å². The van der Waals surface area contributed by atoms with Gasteiger partial charge in [-0.2, -0.15) is 0 Å². The summed E-state index contributed by atoms with van der Waals surface area (Å²) in [5.41, 5.74) is 3.68. The maximum atomic E-state index is 4.53. The zero-order valence-corrected chi connectivity index (χ0v) is 15.2. The highest BCUT2D eigenvalue weighted by molar-refractivity contribution is 5.62. The van der Waals surface area contributed by atoms with Crippen LogP contribution in [-0.4, -0.2) is 9.97 Å². The molecule has 0 aliphatic carbocycles. The summed E-state index contributed by atoms with van der Waals surface area (Å²) in [6.45, 7) is 2.28. The molecule has 0 N–H and O–H groups in total. The number of aryl methyl sites for hydroxylation is 1. The molecule has 0 amide bonds. The van der Waals surface area contributed by atoms with Gasteiger partial charge in [-0.15, -0.1) is 0 Å². The first-order valence-corrected chi connectivity index (χ1v) is 9.75. The summed E-state index contributed by atoms with van der Waals surface area (Å²) in [6.07, 6.45) is 20.5. The van der Waals surface area contributed by atoms with Crippen molar-refractivity contribution < 1.29 is 0 Å². The van der Waals surface area contributed by atoms with Crippen LogP contribution in [0.1, 0.15) is 76.8 Å². The van der Waals surface area contributed by atoms with Gasteiger partial charge in [-0.05, 0) is 48.2 Å². The molecule has 2 nitrogen and oxygen atoms in total. The summed E-state index contributed by atoms with van der Waals surface area (Å²) >= 11 is 0. The van der Waals surface area contributed by atoms with Gasteiger partial charge in [0.05, 0.1) is 0 Å². The fourth-order valence-corrected chi connectivity index (χ4v) is 3.13. The van der Waals surface area contributed by atoms with Crippen molar-refractivity contribution in [3.05, 3.63) is 48.5 Å². The minimum Gasteiger partial charge on any atom is -0.265 e. The first-order valence-electron chi connectivity index (χ1n) is 9.75. The van der Waals surface area contributed by atoms with Crippen molar-refractivity contribution in [2.24, 2.45) is 0 Å². The van der Waals surface area contributed by atoms with Crippen LogP contribution in [0.15, 0.2) is 42.9 Å². The van der Waals surface area contributed by atoms with Gasteiger partial charge in [0.25, 0.3) is 0 Å². The highest BCUT2D eigenvalue weighted by atomic mass is 14.7. The quantitative estimate of drug-likeness (QED) is 0.411. The normalized spacial score (nSPS) is 10.9. The Morgan fingerprint density at radius 3 is 1.92 bits per heavy atom. The molecule has 0 unspecified atom stereocenters. The van der Waals surface area contributed by atoms with Gasteiger partial charge >= 0.3 is 0 Å². The van der Waals surface area contributed by atoms with E-state index in [0.29, 0.717) is 0 Å². The molecule has 24 heavy (non-hydrogen) atoms. The van der Waals surface area contributed by atoms with E-state index in [1.165, 1.54) is 81.0 Å². The van der Waals surface area contributed by atoms with Crippen molar-refractivity contribution in [1.82, 2.24) is 9.97 Å². The first kappa shape index (κ1) is 18.6. The molecule has 2 aromatic heterocycles. The Morgan fingerprint density at radius 1 is 0.667 bits per heavy atom. The van der Waals surface area contributed by atoms with Gasteiger partial charge in [0.1, 0.15) is 0 Å². The largest absolute Gasteiger partial charge is 0.265 e. The number of unbranched alkanes of at least 4 members (excludes halogenated alkanes) is 9. The number of pyridine rings is 2. The number of rotatable bonds is 12. The summed E-state index contributed by atoms with van der Waals surface area (Å²) < 4.78 is 0. The fourth-order valence-electron chi connectivity index (χ4n) is 3.13. The molecule has 0 saturated carbocycles. The summed E-state index contributed by atoms with van der Waals surface area (Å²) in [5.74, 6) is 0. The lowest BCUT2D eigenvalue weighted by Crippen LogP contribution is -1.91. The molecule has 0 aromatic carbocycles. The smallest absolute Gasteiger partial charge is 0.0409 e. The molecule has 0 spiro atoms. The lowest BCUT2D eigenvalue weighted by molar-refractivity contribution is 0.555. The summed E-state index contributed by atoms with van der Waals surface area (Å²) in [6, 6.07) is 8.42.